The third kappa shape index (κ3) is 2.11. The van der Waals surface area contributed by atoms with Crippen LogP contribution in [-0.2, 0) is 13.6 Å². The molecular weight excluding hydrogens is 212 g/mol. The van der Waals surface area contributed by atoms with Gasteiger partial charge < -0.3 is 5.32 Å². The molecule has 94 valence electrons. The molecule has 0 amide bonds. The zero-order chi connectivity index (χ0) is 11.7. The molecule has 1 aromatic rings. The average Bonchev–Trinajstić information content (AvgIpc) is 2.90. The van der Waals surface area contributed by atoms with Crippen LogP contribution in [0, 0.1) is 0 Å². The molecule has 3 heterocycles. The molecule has 17 heavy (non-hydrogen) atoms. The summed E-state index contributed by atoms with van der Waals surface area (Å²) >= 11 is 0. The highest BCUT2D eigenvalue weighted by Gasteiger charge is 2.41. The molecule has 2 aliphatic heterocycles. The fraction of sp³-hybridized carbons (Fsp3) is 0.769. The first-order valence-corrected chi connectivity index (χ1v) is 6.73. The van der Waals surface area contributed by atoms with Crippen molar-refractivity contribution in [3.8, 4) is 0 Å². The Morgan fingerprint density at radius 1 is 1.35 bits per heavy atom. The van der Waals surface area contributed by atoms with Crippen molar-refractivity contribution in [3.63, 3.8) is 0 Å². The maximum absolute atomic E-state index is 4.51. The number of nitrogens with zero attached hydrogens (tertiary/aromatic N) is 3. The Balaban J connectivity index is 1.73. The van der Waals surface area contributed by atoms with E-state index >= 15 is 0 Å². The number of rotatable bonds is 2. The maximum atomic E-state index is 4.51. The molecule has 4 heteroatoms. The molecule has 0 unspecified atom stereocenters. The largest absolute Gasteiger partial charge is 0.317 e. The summed E-state index contributed by atoms with van der Waals surface area (Å²) in [5, 5.41) is 7.99. The van der Waals surface area contributed by atoms with Gasteiger partial charge in [-0.05, 0) is 51.4 Å². The van der Waals surface area contributed by atoms with Crippen molar-refractivity contribution in [2.45, 2.75) is 37.8 Å². The third-order valence-electron chi connectivity index (χ3n) is 4.40. The highest BCUT2D eigenvalue weighted by Crippen LogP contribution is 2.37. The Bertz CT molecular complexity index is 379. The highest BCUT2D eigenvalue weighted by molar-refractivity contribution is 5.04. The number of aryl methyl sites for hydroxylation is 1. The Hall–Kier alpha value is -0.870. The standard InChI is InChI=1S/C13H22N4/c1-16-10-3-12(15-16)11-17-9-2-4-13(17)5-7-14-8-6-13/h3,10,14H,2,4-9,11H2,1H3. The quantitative estimate of drug-likeness (QED) is 0.833. The van der Waals surface area contributed by atoms with Gasteiger partial charge in [0.1, 0.15) is 0 Å². The molecule has 1 spiro atoms. The molecular formula is C13H22N4. The first-order valence-electron chi connectivity index (χ1n) is 6.73. The van der Waals surface area contributed by atoms with E-state index in [1.807, 2.05) is 17.9 Å². The van der Waals surface area contributed by atoms with E-state index in [2.05, 4.69) is 21.4 Å². The van der Waals surface area contributed by atoms with Crippen LogP contribution < -0.4 is 5.32 Å². The van der Waals surface area contributed by atoms with Crippen molar-refractivity contribution in [2.24, 2.45) is 7.05 Å². The number of piperidine rings is 1. The zero-order valence-corrected chi connectivity index (χ0v) is 10.7. The molecule has 2 saturated heterocycles. The Labute approximate surface area is 103 Å². The minimum atomic E-state index is 0.475. The number of nitrogens with one attached hydrogen (secondary N) is 1. The molecule has 3 rings (SSSR count). The lowest BCUT2D eigenvalue weighted by Gasteiger charge is -2.41. The Morgan fingerprint density at radius 2 is 2.18 bits per heavy atom. The van der Waals surface area contributed by atoms with E-state index in [1.54, 1.807) is 0 Å². The van der Waals surface area contributed by atoms with E-state index < -0.39 is 0 Å². The van der Waals surface area contributed by atoms with Gasteiger partial charge in [0, 0.05) is 25.3 Å². The van der Waals surface area contributed by atoms with Gasteiger partial charge in [0.2, 0.25) is 0 Å². The SMILES string of the molecule is Cn1ccc(CN2CCCC23CCNCC3)n1. The van der Waals surface area contributed by atoms with Gasteiger partial charge in [-0.15, -0.1) is 0 Å². The molecule has 1 aromatic heterocycles. The second kappa shape index (κ2) is 4.42. The van der Waals surface area contributed by atoms with Crippen molar-refractivity contribution in [3.05, 3.63) is 18.0 Å². The molecule has 0 bridgehead atoms. The minimum Gasteiger partial charge on any atom is -0.317 e. The molecule has 2 aliphatic rings. The van der Waals surface area contributed by atoms with Gasteiger partial charge >= 0.3 is 0 Å². The molecule has 2 fully saturated rings. The van der Waals surface area contributed by atoms with Crippen molar-refractivity contribution in [1.82, 2.24) is 20.0 Å². The lowest BCUT2D eigenvalue weighted by atomic mass is 9.85. The fourth-order valence-electron chi connectivity index (χ4n) is 3.44. The Morgan fingerprint density at radius 3 is 2.88 bits per heavy atom. The van der Waals surface area contributed by atoms with E-state index in [0.29, 0.717) is 5.54 Å². The summed E-state index contributed by atoms with van der Waals surface area (Å²) < 4.78 is 1.90. The Kier molecular flexibility index (Phi) is 2.92. The predicted octanol–water partition coefficient (Wildman–Crippen LogP) is 1.14. The van der Waals surface area contributed by atoms with Crippen molar-refractivity contribution < 1.29 is 0 Å². The lowest BCUT2D eigenvalue weighted by molar-refractivity contribution is 0.0914. The van der Waals surface area contributed by atoms with E-state index in [1.165, 1.54) is 51.0 Å². The molecule has 4 nitrogen and oxygen atoms in total. The molecule has 0 aliphatic carbocycles. The summed E-state index contributed by atoms with van der Waals surface area (Å²) in [5.41, 5.74) is 1.69. The first-order chi connectivity index (χ1) is 8.28. The summed E-state index contributed by atoms with van der Waals surface area (Å²) in [6.45, 7) is 4.63. The van der Waals surface area contributed by atoms with Crippen LogP contribution in [-0.4, -0.2) is 39.9 Å². The van der Waals surface area contributed by atoms with Gasteiger partial charge in [-0.1, -0.05) is 0 Å². The summed E-state index contributed by atoms with van der Waals surface area (Å²) in [4.78, 5) is 2.68. The topological polar surface area (TPSA) is 33.1 Å². The monoisotopic (exact) mass is 234 g/mol. The number of likely N-dealkylation sites (tertiary alicyclic amines) is 1. The summed E-state index contributed by atoms with van der Waals surface area (Å²) in [6, 6.07) is 2.15. The van der Waals surface area contributed by atoms with Crippen LogP contribution in [0.2, 0.25) is 0 Å². The van der Waals surface area contributed by atoms with Crippen molar-refractivity contribution >= 4 is 0 Å². The number of hydrogen-bond acceptors (Lipinski definition) is 3. The van der Waals surface area contributed by atoms with Crippen molar-refractivity contribution in [1.29, 1.82) is 0 Å². The van der Waals surface area contributed by atoms with Crippen LogP contribution in [0.4, 0.5) is 0 Å². The number of hydrogen-bond donors (Lipinski definition) is 1. The lowest BCUT2D eigenvalue weighted by Crippen LogP contribution is -2.50. The van der Waals surface area contributed by atoms with E-state index in [0.717, 1.165) is 6.54 Å². The normalized spacial score (nSPS) is 24.5. The van der Waals surface area contributed by atoms with Gasteiger partial charge in [-0.2, -0.15) is 5.10 Å². The second-order valence-corrected chi connectivity index (χ2v) is 5.48. The van der Waals surface area contributed by atoms with Crippen LogP contribution in [0.15, 0.2) is 12.3 Å². The van der Waals surface area contributed by atoms with Gasteiger partial charge in [0.25, 0.3) is 0 Å². The molecule has 0 radical (unpaired) electrons. The van der Waals surface area contributed by atoms with E-state index in [-0.39, 0.29) is 0 Å². The van der Waals surface area contributed by atoms with E-state index in [4.69, 9.17) is 0 Å². The summed E-state index contributed by atoms with van der Waals surface area (Å²) in [7, 11) is 1.99. The fourth-order valence-corrected chi connectivity index (χ4v) is 3.44. The van der Waals surface area contributed by atoms with Crippen LogP contribution in [0.3, 0.4) is 0 Å². The highest BCUT2D eigenvalue weighted by atomic mass is 15.3. The summed E-state index contributed by atoms with van der Waals surface area (Å²) in [5.74, 6) is 0. The maximum Gasteiger partial charge on any atom is 0.0764 e. The average molecular weight is 234 g/mol. The molecule has 0 aromatic carbocycles. The smallest absolute Gasteiger partial charge is 0.0764 e. The van der Waals surface area contributed by atoms with Crippen molar-refractivity contribution in [2.75, 3.05) is 19.6 Å². The minimum absolute atomic E-state index is 0.475. The van der Waals surface area contributed by atoms with Gasteiger partial charge in [-0.3, -0.25) is 9.58 Å². The van der Waals surface area contributed by atoms with E-state index in [9.17, 15) is 0 Å². The number of aromatic nitrogens is 2. The molecule has 0 atom stereocenters. The van der Waals surface area contributed by atoms with Crippen LogP contribution in [0.25, 0.3) is 0 Å². The summed E-state index contributed by atoms with van der Waals surface area (Å²) in [6.07, 6.45) is 7.38. The predicted molar refractivity (Wildman–Crippen MR) is 67.7 cm³/mol. The second-order valence-electron chi connectivity index (χ2n) is 5.48. The van der Waals surface area contributed by atoms with Crippen LogP contribution in [0.5, 0.6) is 0 Å². The molecule has 0 saturated carbocycles. The molecule has 1 N–H and O–H groups in total. The van der Waals surface area contributed by atoms with Gasteiger partial charge in [0.15, 0.2) is 0 Å². The van der Waals surface area contributed by atoms with Crippen LogP contribution in [0.1, 0.15) is 31.4 Å². The van der Waals surface area contributed by atoms with Crippen LogP contribution >= 0.6 is 0 Å². The first kappa shape index (κ1) is 11.2. The van der Waals surface area contributed by atoms with Gasteiger partial charge in [-0.25, -0.2) is 0 Å². The van der Waals surface area contributed by atoms with Gasteiger partial charge in [0.05, 0.1) is 5.69 Å². The third-order valence-corrected chi connectivity index (χ3v) is 4.40. The zero-order valence-electron chi connectivity index (χ0n) is 10.7.